The van der Waals surface area contributed by atoms with E-state index in [-0.39, 0.29) is 17.9 Å². The van der Waals surface area contributed by atoms with E-state index in [1.807, 2.05) is 51.1 Å². The summed E-state index contributed by atoms with van der Waals surface area (Å²) in [5, 5.41) is 0. The summed E-state index contributed by atoms with van der Waals surface area (Å²) >= 11 is 0. The maximum Gasteiger partial charge on any atom is 0.414 e. The molecule has 0 N–H and O–H groups in total. The van der Waals surface area contributed by atoms with Crippen LogP contribution in [0.15, 0.2) is 54.6 Å². The molecular formula is C25H30N2O4. The Hall–Kier alpha value is -3.15. The summed E-state index contributed by atoms with van der Waals surface area (Å²) in [6.07, 6.45) is 2.93. The van der Waals surface area contributed by atoms with Crippen LogP contribution in [0.2, 0.25) is 0 Å². The molecule has 0 unspecified atom stereocenters. The van der Waals surface area contributed by atoms with Gasteiger partial charge in [-0.25, -0.2) is 4.79 Å². The van der Waals surface area contributed by atoms with E-state index in [2.05, 4.69) is 0 Å². The fourth-order valence-corrected chi connectivity index (χ4v) is 3.59. The lowest BCUT2D eigenvalue weighted by atomic mass is 10.1. The van der Waals surface area contributed by atoms with Crippen LogP contribution < -0.4 is 4.90 Å². The molecule has 6 heteroatoms. The normalized spacial score (nSPS) is 13.3. The highest BCUT2D eigenvalue weighted by atomic mass is 16.6. The maximum atomic E-state index is 12.7. The summed E-state index contributed by atoms with van der Waals surface area (Å²) in [6.45, 7) is 6.53. The number of carbonyl (C=O) groups excluding carboxylic acids is 3. The lowest BCUT2D eigenvalue weighted by Gasteiger charge is -2.27. The van der Waals surface area contributed by atoms with E-state index in [1.54, 1.807) is 29.2 Å². The molecule has 0 saturated carbocycles. The molecule has 6 nitrogen and oxygen atoms in total. The fourth-order valence-electron chi connectivity index (χ4n) is 3.59. The van der Waals surface area contributed by atoms with Crippen LogP contribution in [0.1, 0.15) is 67.2 Å². The van der Waals surface area contributed by atoms with E-state index in [0.717, 1.165) is 31.4 Å². The maximum absolute atomic E-state index is 12.7. The standard InChI is InChI=1S/C25H30N2O4/c1-25(2,3)31-24(30)26(19-13-7-6-8-14-19)17-11-4-5-12-18-27-22(28)20-15-9-10-16-21(20)23(27)29/h6-10,13-16H,4-5,11-12,17-18H2,1-3H3. The average Bonchev–Trinajstić information content (AvgIpc) is 2.97. The Morgan fingerprint density at radius 2 is 1.39 bits per heavy atom. The van der Waals surface area contributed by atoms with Gasteiger partial charge in [0.2, 0.25) is 0 Å². The number of unbranched alkanes of at least 4 members (excludes halogenated alkanes) is 3. The summed E-state index contributed by atoms with van der Waals surface area (Å²) in [5.41, 5.74) is 1.23. The van der Waals surface area contributed by atoms with Crippen LogP contribution in [0.3, 0.4) is 0 Å². The van der Waals surface area contributed by atoms with E-state index >= 15 is 0 Å². The van der Waals surface area contributed by atoms with Crippen molar-refractivity contribution in [2.75, 3.05) is 18.0 Å². The first-order chi connectivity index (χ1) is 14.8. The molecule has 1 heterocycles. The largest absolute Gasteiger partial charge is 0.443 e. The number of nitrogens with zero attached hydrogens (tertiary/aromatic N) is 2. The summed E-state index contributed by atoms with van der Waals surface area (Å²) in [4.78, 5) is 40.5. The van der Waals surface area contributed by atoms with Gasteiger partial charge in [0.1, 0.15) is 5.60 Å². The van der Waals surface area contributed by atoms with Gasteiger partial charge in [0, 0.05) is 18.8 Å². The third-order valence-corrected chi connectivity index (χ3v) is 5.07. The van der Waals surface area contributed by atoms with Crippen molar-refractivity contribution in [2.24, 2.45) is 0 Å². The number of imide groups is 1. The van der Waals surface area contributed by atoms with Crippen molar-refractivity contribution in [3.8, 4) is 0 Å². The van der Waals surface area contributed by atoms with Crippen molar-refractivity contribution in [3.05, 3.63) is 65.7 Å². The second-order valence-electron chi connectivity index (χ2n) is 8.69. The Balaban J connectivity index is 1.47. The number of anilines is 1. The highest BCUT2D eigenvalue weighted by molar-refractivity contribution is 6.21. The number of hydrogen-bond acceptors (Lipinski definition) is 4. The molecule has 0 saturated heterocycles. The first kappa shape index (κ1) is 22.5. The predicted octanol–water partition coefficient (Wildman–Crippen LogP) is 5.28. The van der Waals surface area contributed by atoms with Crippen LogP contribution in [0.5, 0.6) is 0 Å². The lowest BCUT2D eigenvalue weighted by Crippen LogP contribution is -2.37. The van der Waals surface area contributed by atoms with Gasteiger partial charge in [0.05, 0.1) is 11.1 Å². The minimum absolute atomic E-state index is 0.208. The molecule has 2 aromatic rings. The van der Waals surface area contributed by atoms with Crippen molar-refractivity contribution in [1.82, 2.24) is 4.90 Å². The first-order valence-corrected chi connectivity index (χ1v) is 10.8. The predicted molar refractivity (Wildman–Crippen MR) is 120 cm³/mol. The zero-order valence-electron chi connectivity index (χ0n) is 18.5. The van der Waals surface area contributed by atoms with Crippen LogP contribution in [-0.4, -0.2) is 41.5 Å². The van der Waals surface area contributed by atoms with Crippen LogP contribution in [0.25, 0.3) is 0 Å². The molecule has 0 spiro atoms. The molecule has 0 aliphatic carbocycles. The Kier molecular flexibility index (Phi) is 7.10. The molecule has 0 bridgehead atoms. The number of para-hydroxylation sites is 1. The molecule has 0 aromatic heterocycles. The van der Waals surface area contributed by atoms with Gasteiger partial charge in [-0.15, -0.1) is 0 Å². The zero-order valence-corrected chi connectivity index (χ0v) is 18.5. The molecule has 0 atom stereocenters. The third-order valence-electron chi connectivity index (χ3n) is 5.07. The number of fused-ring (bicyclic) bond motifs is 1. The van der Waals surface area contributed by atoms with Crippen molar-refractivity contribution in [1.29, 1.82) is 0 Å². The number of rotatable bonds is 8. The van der Waals surface area contributed by atoms with Gasteiger partial charge in [-0.1, -0.05) is 43.2 Å². The molecule has 3 amide bonds. The van der Waals surface area contributed by atoms with E-state index < -0.39 is 5.60 Å². The van der Waals surface area contributed by atoms with Crippen LogP contribution in [-0.2, 0) is 4.74 Å². The minimum Gasteiger partial charge on any atom is -0.443 e. The summed E-state index contributed by atoms with van der Waals surface area (Å²) < 4.78 is 5.56. The van der Waals surface area contributed by atoms with E-state index in [0.29, 0.717) is 24.2 Å². The number of amides is 3. The molecule has 164 valence electrons. The van der Waals surface area contributed by atoms with Crippen molar-refractivity contribution in [2.45, 2.75) is 52.1 Å². The third kappa shape index (κ3) is 5.72. The Morgan fingerprint density at radius 1 is 0.839 bits per heavy atom. The van der Waals surface area contributed by atoms with Gasteiger partial charge in [-0.2, -0.15) is 0 Å². The van der Waals surface area contributed by atoms with Gasteiger partial charge in [-0.05, 0) is 57.9 Å². The molecule has 0 radical (unpaired) electrons. The number of benzene rings is 2. The molecule has 1 aliphatic heterocycles. The van der Waals surface area contributed by atoms with E-state index in [1.165, 1.54) is 4.90 Å². The van der Waals surface area contributed by atoms with Gasteiger partial charge in [-0.3, -0.25) is 19.4 Å². The summed E-state index contributed by atoms with van der Waals surface area (Å²) in [7, 11) is 0. The number of carbonyl (C=O) groups is 3. The van der Waals surface area contributed by atoms with Gasteiger partial charge in [0.25, 0.3) is 11.8 Å². The van der Waals surface area contributed by atoms with E-state index in [4.69, 9.17) is 4.74 Å². The van der Waals surface area contributed by atoms with Gasteiger partial charge in [0.15, 0.2) is 0 Å². The average molecular weight is 423 g/mol. The SMILES string of the molecule is CC(C)(C)OC(=O)N(CCCCCCN1C(=O)c2ccccc2C1=O)c1ccccc1. The highest BCUT2D eigenvalue weighted by Crippen LogP contribution is 2.23. The minimum atomic E-state index is -0.559. The van der Waals surface area contributed by atoms with E-state index in [9.17, 15) is 14.4 Å². The van der Waals surface area contributed by atoms with Crippen LogP contribution >= 0.6 is 0 Å². The van der Waals surface area contributed by atoms with Gasteiger partial charge < -0.3 is 4.74 Å². The first-order valence-electron chi connectivity index (χ1n) is 10.8. The number of hydrogen-bond donors (Lipinski definition) is 0. The monoisotopic (exact) mass is 422 g/mol. The van der Waals surface area contributed by atoms with Crippen molar-refractivity contribution < 1.29 is 19.1 Å². The fraction of sp³-hybridized carbons (Fsp3) is 0.400. The van der Waals surface area contributed by atoms with Crippen molar-refractivity contribution in [3.63, 3.8) is 0 Å². The van der Waals surface area contributed by atoms with Gasteiger partial charge >= 0.3 is 6.09 Å². The van der Waals surface area contributed by atoms with Crippen LogP contribution in [0.4, 0.5) is 10.5 Å². The second-order valence-corrected chi connectivity index (χ2v) is 8.69. The quantitative estimate of drug-likeness (QED) is 0.428. The molecule has 1 aliphatic rings. The molecular weight excluding hydrogens is 392 g/mol. The summed E-state index contributed by atoms with van der Waals surface area (Å²) in [5.74, 6) is -0.415. The molecule has 3 rings (SSSR count). The van der Waals surface area contributed by atoms with Crippen molar-refractivity contribution >= 4 is 23.6 Å². The topological polar surface area (TPSA) is 66.9 Å². The highest BCUT2D eigenvalue weighted by Gasteiger charge is 2.34. The number of ether oxygens (including phenoxy) is 1. The Bertz CT molecular complexity index is 899. The summed E-state index contributed by atoms with van der Waals surface area (Å²) in [6, 6.07) is 16.4. The molecule has 2 aromatic carbocycles. The zero-order chi connectivity index (χ0) is 22.4. The lowest BCUT2D eigenvalue weighted by molar-refractivity contribution is 0.0576. The molecule has 0 fully saturated rings. The second kappa shape index (κ2) is 9.77. The van der Waals surface area contributed by atoms with Crippen LogP contribution in [0, 0.1) is 0 Å². The molecule has 31 heavy (non-hydrogen) atoms. The Labute approximate surface area is 183 Å². The smallest absolute Gasteiger partial charge is 0.414 e. The Morgan fingerprint density at radius 3 is 1.97 bits per heavy atom.